The number of aliphatic carboxylic acids is 1. The van der Waals surface area contributed by atoms with Crippen molar-refractivity contribution in [2.45, 2.75) is 13.0 Å². The zero-order valence-corrected chi connectivity index (χ0v) is 8.27. The normalized spacial score (nSPS) is 9.53. The van der Waals surface area contributed by atoms with Gasteiger partial charge in [0.15, 0.2) is 0 Å². The molecule has 0 amide bonds. The van der Waals surface area contributed by atoms with Crippen molar-refractivity contribution in [2.75, 3.05) is 6.54 Å². The lowest BCUT2D eigenvalue weighted by Crippen LogP contribution is -2.83. The first-order valence-corrected chi connectivity index (χ1v) is 4.73. The largest absolute Gasteiger partial charge is 0.550 e. The van der Waals surface area contributed by atoms with Crippen LogP contribution >= 0.6 is 0 Å². The van der Waals surface area contributed by atoms with Crippen LogP contribution in [0.3, 0.4) is 0 Å². The van der Waals surface area contributed by atoms with Crippen LogP contribution in [0.15, 0.2) is 24.3 Å². The van der Waals surface area contributed by atoms with Gasteiger partial charge in [0.2, 0.25) is 0 Å². The van der Waals surface area contributed by atoms with Crippen molar-refractivity contribution >= 4 is 5.97 Å². The molecule has 78 valence electrons. The number of nitrogens with two attached hydrogens (primary N) is 1. The maximum atomic E-state index is 10.1. The highest BCUT2D eigenvalue weighted by Gasteiger charge is 1.96. The average Bonchev–Trinajstić information content (AvgIpc) is 2.25. The minimum absolute atomic E-state index is 0.0658. The van der Waals surface area contributed by atoms with Gasteiger partial charge in [-0.2, -0.15) is 5.26 Å². The molecule has 0 unspecified atom stereocenters. The van der Waals surface area contributed by atoms with Crippen molar-refractivity contribution in [1.82, 2.24) is 0 Å². The van der Waals surface area contributed by atoms with E-state index in [1.54, 1.807) is 12.1 Å². The van der Waals surface area contributed by atoms with E-state index >= 15 is 0 Å². The molecule has 1 rings (SSSR count). The Kier molecular flexibility index (Phi) is 4.32. The fraction of sp³-hybridized carbons (Fsp3) is 0.273. The number of carboxylic acid groups (broad SMARTS) is 1. The summed E-state index contributed by atoms with van der Waals surface area (Å²) in [6, 6.07) is 9.28. The molecule has 0 saturated carbocycles. The third-order valence-corrected chi connectivity index (χ3v) is 2.02. The number of carbonyl (C=O) groups excluding carboxylic acids is 1. The lowest BCUT2D eigenvalue weighted by atomic mass is 10.1. The maximum absolute atomic E-state index is 10.1. The maximum Gasteiger partial charge on any atom is 0.101 e. The number of carbonyl (C=O) groups is 1. The number of hydrogen-bond donors (Lipinski definition) is 1. The minimum atomic E-state index is -1.02. The van der Waals surface area contributed by atoms with E-state index in [1.807, 2.05) is 23.5 Å². The summed E-state index contributed by atoms with van der Waals surface area (Å²) in [5.41, 5.74) is 1.71. The van der Waals surface area contributed by atoms with E-state index in [4.69, 9.17) is 5.26 Å². The summed E-state index contributed by atoms with van der Waals surface area (Å²) in [7, 11) is 0. The van der Waals surface area contributed by atoms with E-state index < -0.39 is 5.97 Å². The Hall–Kier alpha value is -1.86. The lowest BCUT2D eigenvalue weighted by Gasteiger charge is -2.02. The zero-order valence-electron chi connectivity index (χ0n) is 8.27. The first-order chi connectivity index (χ1) is 7.22. The van der Waals surface area contributed by atoms with E-state index in [2.05, 4.69) is 0 Å². The summed E-state index contributed by atoms with van der Waals surface area (Å²) < 4.78 is 0. The number of nitrogens with zero attached hydrogens (tertiary/aromatic N) is 1. The first-order valence-electron chi connectivity index (χ1n) is 4.73. The Morgan fingerprint density at radius 2 is 2.07 bits per heavy atom. The van der Waals surface area contributed by atoms with Gasteiger partial charge in [0, 0.05) is 18.0 Å². The van der Waals surface area contributed by atoms with E-state index in [9.17, 15) is 9.90 Å². The van der Waals surface area contributed by atoms with Crippen molar-refractivity contribution in [3.63, 3.8) is 0 Å². The van der Waals surface area contributed by atoms with Crippen LogP contribution in [0.25, 0.3) is 0 Å². The number of benzene rings is 1. The zero-order chi connectivity index (χ0) is 11.1. The Morgan fingerprint density at radius 1 is 1.40 bits per heavy atom. The molecule has 0 aliphatic heterocycles. The molecule has 0 saturated heterocycles. The molecule has 4 heteroatoms. The standard InChI is InChI=1S/C11H12N2O2/c12-7-9-1-3-10(4-2-9)8-13-6-5-11(14)15/h1-4,13H,5-6,8H2,(H,14,15). The Labute approximate surface area is 88.2 Å². The van der Waals surface area contributed by atoms with Gasteiger partial charge < -0.3 is 15.2 Å². The second-order valence-corrected chi connectivity index (χ2v) is 3.21. The Bertz CT molecular complexity index is 365. The van der Waals surface area contributed by atoms with E-state index in [0.717, 1.165) is 12.1 Å². The van der Waals surface area contributed by atoms with Crippen molar-refractivity contribution in [3.05, 3.63) is 35.4 Å². The molecular weight excluding hydrogens is 192 g/mol. The second kappa shape index (κ2) is 5.78. The van der Waals surface area contributed by atoms with Crippen LogP contribution in [0, 0.1) is 11.3 Å². The van der Waals surface area contributed by atoms with Crippen LogP contribution in [0.5, 0.6) is 0 Å². The first kappa shape index (κ1) is 11.2. The molecule has 0 heterocycles. The number of rotatable bonds is 5. The number of carboxylic acids is 1. The molecule has 0 aliphatic carbocycles. The third-order valence-electron chi connectivity index (χ3n) is 2.02. The van der Waals surface area contributed by atoms with Crippen molar-refractivity contribution in [3.8, 4) is 6.07 Å². The fourth-order valence-electron chi connectivity index (χ4n) is 1.20. The molecule has 0 atom stereocenters. The summed E-state index contributed by atoms with van der Waals surface area (Å²) >= 11 is 0. The third kappa shape index (κ3) is 4.25. The van der Waals surface area contributed by atoms with Crippen molar-refractivity contribution < 1.29 is 15.2 Å². The molecular formula is C11H12N2O2. The summed E-state index contributed by atoms with van der Waals surface area (Å²) in [6.45, 7) is 1.24. The molecule has 0 spiro atoms. The highest BCUT2D eigenvalue weighted by molar-refractivity contribution is 5.64. The lowest BCUT2D eigenvalue weighted by molar-refractivity contribution is -0.670. The van der Waals surface area contributed by atoms with Gasteiger partial charge in [0.1, 0.15) is 6.54 Å². The molecule has 1 aromatic carbocycles. The van der Waals surface area contributed by atoms with Crippen LogP contribution < -0.4 is 10.4 Å². The molecule has 0 bridgehead atoms. The Morgan fingerprint density at radius 3 is 2.60 bits per heavy atom. The fourth-order valence-corrected chi connectivity index (χ4v) is 1.20. The van der Waals surface area contributed by atoms with E-state index in [1.165, 1.54) is 0 Å². The quantitative estimate of drug-likeness (QED) is 0.609. The highest BCUT2D eigenvalue weighted by atomic mass is 16.4. The molecule has 15 heavy (non-hydrogen) atoms. The van der Waals surface area contributed by atoms with Gasteiger partial charge in [-0.1, -0.05) is 12.1 Å². The molecule has 0 radical (unpaired) electrons. The van der Waals surface area contributed by atoms with Crippen molar-refractivity contribution in [1.29, 1.82) is 5.26 Å². The molecule has 0 aliphatic rings. The van der Waals surface area contributed by atoms with Gasteiger partial charge in [0.05, 0.1) is 18.2 Å². The second-order valence-electron chi connectivity index (χ2n) is 3.21. The Balaban J connectivity index is 2.32. The van der Waals surface area contributed by atoms with Gasteiger partial charge in [0.25, 0.3) is 0 Å². The van der Waals surface area contributed by atoms with Gasteiger partial charge in [-0.25, -0.2) is 0 Å². The predicted molar refractivity (Wildman–Crippen MR) is 51.3 cm³/mol. The SMILES string of the molecule is N#Cc1ccc(C[NH2+]CCC(=O)[O-])cc1. The smallest absolute Gasteiger partial charge is 0.101 e. The van der Waals surface area contributed by atoms with E-state index in [-0.39, 0.29) is 6.42 Å². The molecule has 0 fully saturated rings. The molecule has 1 aromatic rings. The van der Waals surface area contributed by atoms with Crippen LogP contribution in [0.1, 0.15) is 17.5 Å². The topological polar surface area (TPSA) is 80.5 Å². The minimum Gasteiger partial charge on any atom is -0.550 e. The number of quaternary nitrogens is 1. The number of hydrogen-bond acceptors (Lipinski definition) is 3. The molecule has 2 N–H and O–H groups in total. The van der Waals surface area contributed by atoms with E-state index in [0.29, 0.717) is 12.1 Å². The summed E-state index contributed by atoms with van der Waals surface area (Å²) in [5, 5.41) is 20.6. The monoisotopic (exact) mass is 204 g/mol. The van der Waals surface area contributed by atoms with Crippen LogP contribution in [0.4, 0.5) is 0 Å². The molecule has 4 nitrogen and oxygen atoms in total. The summed E-state index contributed by atoms with van der Waals surface area (Å²) in [5.74, 6) is -1.02. The van der Waals surface area contributed by atoms with Gasteiger partial charge >= 0.3 is 0 Å². The average molecular weight is 204 g/mol. The summed E-state index contributed by atoms with van der Waals surface area (Å²) in [6.07, 6.45) is 0.0658. The summed E-state index contributed by atoms with van der Waals surface area (Å²) in [4.78, 5) is 10.1. The van der Waals surface area contributed by atoms with Crippen LogP contribution in [-0.2, 0) is 11.3 Å². The van der Waals surface area contributed by atoms with Crippen LogP contribution in [-0.4, -0.2) is 12.5 Å². The predicted octanol–water partition coefficient (Wildman–Crippen LogP) is -1.24. The van der Waals surface area contributed by atoms with Crippen LogP contribution in [0.2, 0.25) is 0 Å². The highest BCUT2D eigenvalue weighted by Crippen LogP contribution is 2.00. The van der Waals surface area contributed by atoms with Crippen molar-refractivity contribution in [2.24, 2.45) is 0 Å². The van der Waals surface area contributed by atoms with Gasteiger partial charge in [-0.15, -0.1) is 0 Å². The van der Waals surface area contributed by atoms with Gasteiger partial charge in [-0.05, 0) is 12.1 Å². The molecule has 0 aromatic heterocycles. The number of nitriles is 1. The van der Waals surface area contributed by atoms with Gasteiger partial charge in [-0.3, -0.25) is 0 Å².